The summed E-state index contributed by atoms with van der Waals surface area (Å²) >= 11 is 0. The molecular formula is C22H22N2O2. The maximum absolute atomic E-state index is 5.45. The molecule has 132 valence electrons. The van der Waals surface area contributed by atoms with Crippen molar-refractivity contribution < 1.29 is 9.47 Å². The lowest BCUT2D eigenvalue weighted by molar-refractivity contribution is 0.356. The molecule has 0 aliphatic heterocycles. The van der Waals surface area contributed by atoms with Gasteiger partial charge in [0.2, 0.25) is 0 Å². The summed E-state index contributed by atoms with van der Waals surface area (Å²) in [5.41, 5.74) is 2.13. The lowest BCUT2D eigenvalue weighted by Crippen LogP contribution is -1.96. The molecule has 0 saturated carbocycles. The van der Waals surface area contributed by atoms with Crippen LogP contribution in [0.15, 0.2) is 61.1 Å². The molecule has 4 aromatic rings. The van der Waals surface area contributed by atoms with Crippen molar-refractivity contribution in [2.45, 2.75) is 13.8 Å². The van der Waals surface area contributed by atoms with E-state index in [2.05, 4.69) is 28.2 Å². The fourth-order valence-corrected chi connectivity index (χ4v) is 3.12. The highest BCUT2D eigenvalue weighted by molar-refractivity contribution is 5.88. The Bertz CT molecular complexity index is 1060. The van der Waals surface area contributed by atoms with Crippen LogP contribution in [-0.2, 0) is 6.42 Å². The summed E-state index contributed by atoms with van der Waals surface area (Å²) in [5, 5.41) is 4.46. The molecule has 0 saturated heterocycles. The van der Waals surface area contributed by atoms with Crippen LogP contribution in [0.5, 0.6) is 11.5 Å². The summed E-state index contributed by atoms with van der Waals surface area (Å²) in [4.78, 5) is 8.98. The number of hydrogen-bond acceptors (Lipinski definition) is 4. The molecular weight excluding hydrogens is 324 g/mol. The van der Waals surface area contributed by atoms with Crippen LogP contribution in [0.2, 0.25) is 0 Å². The zero-order chi connectivity index (χ0) is 17.2. The van der Waals surface area contributed by atoms with E-state index >= 15 is 0 Å². The Morgan fingerprint density at radius 2 is 1.54 bits per heavy atom. The molecule has 0 unspecified atom stereocenters. The number of rotatable bonds is 4. The average molecular weight is 346 g/mol. The van der Waals surface area contributed by atoms with Crippen molar-refractivity contribution in [1.29, 1.82) is 0 Å². The van der Waals surface area contributed by atoms with E-state index in [9.17, 15) is 0 Å². The van der Waals surface area contributed by atoms with E-state index in [4.69, 9.17) is 9.47 Å². The summed E-state index contributed by atoms with van der Waals surface area (Å²) in [7, 11) is 3.29. The third kappa shape index (κ3) is 3.18. The van der Waals surface area contributed by atoms with Gasteiger partial charge in [0.1, 0.15) is 0 Å². The van der Waals surface area contributed by atoms with Gasteiger partial charge in [0, 0.05) is 41.5 Å². The first-order chi connectivity index (χ1) is 12.3. The summed E-state index contributed by atoms with van der Waals surface area (Å²) in [6.45, 7) is 0. The molecule has 2 aromatic carbocycles. The standard InChI is InChI=1S/C21H18N2O2.CH4/c1-24-20-9-17-12-22-11-16(19(17)10-21(20)25-2)8-18-7-14-5-3-4-6-15(14)13-23-18;/h3-7,9-13H,8H2,1-2H3;1H4. The second-order valence-corrected chi connectivity index (χ2v) is 5.93. The van der Waals surface area contributed by atoms with Crippen LogP contribution >= 0.6 is 0 Å². The molecule has 0 fully saturated rings. The highest BCUT2D eigenvalue weighted by Gasteiger charge is 2.10. The lowest BCUT2D eigenvalue weighted by atomic mass is 10.0. The Labute approximate surface area is 153 Å². The van der Waals surface area contributed by atoms with Crippen molar-refractivity contribution in [3.63, 3.8) is 0 Å². The van der Waals surface area contributed by atoms with Crippen molar-refractivity contribution in [2.75, 3.05) is 14.2 Å². The topological polar surface area (TPSA) is 44.2 Å². The van der Waals surface area contributed by atoms with Gasteiger partial charge in [-0.3, -0.25) is 9.97 Å². The maximum Gasteiger partial charge on any atom is 0.161 e. The molecule has 0 atom stereocenters. The molecule has 0 bridgehead atoms. The van der Waals surface area contributed by atoms with Crippen LogP contribution in [0.25, 0.3) is 21.5 Å². The summed E-state index contributed by atoms with van der Waals surface area (Å²) in [6, 6.07) is 14.3. The Kier molecular flexibility index (Phi) is 5.03. The number of ether oxygens (including phenoxy) is 2. The second-order valence-electron chi connectivity index (χ2n) is 5.93. The minimum atomic E-state index is 0. The van der Waals surface area contributed by atoms with Crippen LogP contribution in [0.1, 0.15) is 18.7 Å². The summed E-state index contributed by atoms with van der Waals surface area (Å²) < 4.78 is 10.8. The van der Waals surface area contributed by atoms with Crippen LogP contribution in [0.3, 0.4) is 0 Å². The Balaban J connectivity index is 0.00000196. The van der Waals surface area contributed by atoms with Gasteiger partial charge in [0.25, 0.3) is 0 Å². The van der Waals surface area contributed by atoms with Crippen LogP contribution < -0.4 is 9.47 Å². The maximum atomic E-state index is 5.45. The van der Waals surface area contributed by atoms with Crippen molar-refractivity contribution >= 4 is 21.5 Å². The Hall–Kier alpha value is -3.14. The molecule has 0 radical (unpaired) electrons. The molecule has 0 aliphatic rings. The van der Waals surface area contributed by atoms with Crippen LogP contribution in [-0.4, -0.2) is 24.2 Å². The van der Waals surface area contributed by atoms with Crippen molar-refractivity contribution in [2.24, 2.45) is 0 Å². The first-order valence-electron chi connectivity index (χ1n) is 8.11. The third-order valence-corrected chi connectivity index (χ3v) is 4.40. The minimum absolute atomic E-state index is 0. The quantitative estimate of drug-likeness (QED) is 0.520. The van der Waals surface area contributed by atoms with E-state index in [0.717, 1.165) is 27.4 Å². The first kappa shape index (κ1) is 17.7. The zero-order valence-electron chi connectivity index (χ0n) is 14.2. The van der Waals surface area contributed by atoms with Crippen molar-refractivity contribution in [1.82, 2.24) is 9.97 Å². The largest absolute Gasteiger partial charge is 0.493 e. The summed E-state index contributed by atoms with van der Waals surface area (Å²) in [5.74, 6) is 1.42. The molecule has 0 spiro atoms. The van der Waals surface area contributed by atoms with Gasteiger partial charge in [-0.2, -0.15) is 0 Å². The molecule has 4 nitrogen and oxygen atoms in total. The third-order valence-electron chi connectivity index (χ3n) is 4.40. The Morgan fingerprint density at radius 1 is 0.808 bits per heavy atom. The van der Waals surface area contributed by atoms with Gasteiger partial charge in [-0.25, -0.2) is 0 Å². The Morgan fingerprint density at radius 3 is 2.31 bits per heavy atom. The van der Waals surface area contributed by atoms with E-state index in [-0.39, 0.29) is 7.43 Å². The van der Waals surface area contributed by atoms with Gasteiger partial charge >= 0.3 is 0 Å². The lowest BCUT2D eigenvalue weighted by Gasteiger charge is -2.12. The number of nitrogens with zero attached hydrogens (tertiary/aromatic N) is 2. The fourth-order valence-electron chi connectivity index (χ4n) is 3.12. The summed E-state index contributed by atoms with van der Waals surface area (Å²) in [6.07, 6.45) is 6.37. The van der Waals surface area contributed by atoms with Gasteiger partial charge in [-0.05, 0) is 34.5 Å². The first-order valence-corrected chi connectivity index (χ1v) is 8.11. The van der Waals surface area contributed by atoms with E-state index < -0.39 is 0 Å². The van der Waals surface area contributed by atoms with E-state index in [0.29, 0.717) is 17.9 Å². The molecule has 4 rings (SSSR count). The van der Waals surface area contributed by atoms with Crippen LogP contribution in [0, 0.1) is 0 Å². The number of pyridine rings is 2. The molecule has 0 N–H and O–H groups in total. The average Bonchev–Trinajstić information content (AvgIpc) is 2.67. The van der Waals surface area contributed by atoms with E-state index in [1.54, 1.807) is 14.2 Å². The number of fused-ring (bicyclic) bond motifs is 2. The number of benzene rings is 2. The highest BCUT2D eigenvalue weighted by Crippen LogP contribution is 2.33. The molecule has 0 amide bonds. The smallest absolute Gasteiger partial charge is 0.161 e. The predicted molar refractivity (Wildman–Crippen MR) is 106 cm³/mol. The normalized spacial score (nSPS) is 10.5. The van der Waals surface area contributed by atoms with Gasteiger partial charge in [0.05, 0.1) is 14.2 Å². The van der Waals surface area contributed by atoms with Gasteiger partial charge < -0.3 is 9.47 Å². The van der Waals surface area contributed by atoms with Gasteiger partial charge in [-0.1, -0.05) is 31.7 Å². The molecule has 2 heterocycles. The monoisotopic (exact) mass is 346 g/mol. The molecule has 26 heavy (non-hydrogen) atoms. The SMILES string of the molecule is C.COc1cc2cncc(Cc3cc4ccccc4cn3)c2cc1OC. The van der Waals surface area contributed by atoms with Crippen LogP contribution in [0.4, 0.5) is 0 Å². The highest BCUT2D eigenvalue weighted by atomic mass is 16.5. The number of methoxy groups -OCH3 is 2. The van der Waals surface area contributed by atoms with Gasteiger partial charge in [-0.15, -0.1) is 0 Å². The van der Waals surface area contributed by atoms with Gasteiger partial charge in [0.15, 0.2) is 11.5 Å². The molecule has 2 aromatic heterocycles. The zero-order valence-corrected chi connectivity index (χ0v) is 14.2. The fraction of sp³-hybridized carbons (Fsp3) is 0.182. The number of hydrogen-bond donors (Lipinski definition) is 0. The molecule has 0 aliphatic carbocycles. The molecule has 4 heteroatoms. The second kappa shape index (κ2) is 7.40. The van der Waals surface area contributed by atoms with Crippen molar-refractivity contribution in [3.05, 3.63) is 72.3 Å². The number of aromatic nitrogens is 2. The van der Waals surface area contributed by atoms with Crippen molar-refractivity contribution in [3.8, 4) is 11.5 Å². The predicted octanol–water partition coefficient (Wildman–Crippen LogP) is 5.03. The van der Waals surface area contributed by atoms with E-state index in [1.807, 2.05) is 42.9 Å². The van der Waals surface area contributed by atoms with E-state index in [1.165, 1.54) is 5.39 Å². The minimum Gasteiger partial charge on any atom is -0.493 e.